The summed E-state index contributed by atoms with van der Waals surface area (Å²) in [6, 6.07) is 3.90. The second kappa shape index (κ2) is 4.97. The Balaban J connectivity index is 2.33. The Morgan fingerprint density at radius 3 is 2.72 bits per heavy atom. The number of aryl methyl sites for hydroxylation is 1. The van der Waals surface area contributed by atoms with Gasteiger partial charge < -0.3 is 0 Å². The molecule has 0 aliphatic heterocycles. The standard InChI is InChI=1S/C12H9BrF2N2O/c1-17-10(4-5-16-17)11(18)6-7-9(14)3-2-8(13)12(7)15/h2-5H,6H2,1H3. The Kier molecular flexibility index (Phi) is 3.56. The number of nitrogens with zero attached hydrogens (tertiary/aromatic N) is 2. The van der Waals surface area contributed by atoms with Crippen molar-refractivity contribution < 1.29 is 13.6 Å². The number of ketones is 1. The number of hydrogen-bond donors (Lipinski definition) is 0. The van der Waals surface area contributed by atoms with Crippen LogP contribution in [0.15, 0.2) is 28.9 Å². The van der Waals surface area contributed by atoms with Crippen LogP contribution in [0.25, 0.3) is 0 Å². The first kappa shape index (κ1) is 12.9. The fourth-order valence-electron chi connectivity index (χ4n) is 1.63. The van der Waals surface area contributed by atoms with Crippen molar-refractivity contribution >= 4 is 21.7 Å². The van der Waals surface area contributed by atoms with Crippen molar-refractivity contribution in [2.45, 2.75) is 6.42 Å². The molecule has 6 heteroatoms. The highest BCUT2D eigenvalue weighted by molar-refractivity contribution is 9.10. The smallest absolute Gasteiger partial charge is 0.185 e. The molecule has 18 heavy (non-hydrogen) atoms. The molecule has 3 nitrogen and oxygen atoms in total. The van der Waals surface area contributed by atoms with E-state index in [4.69, 9.17) is 0 Å². The summed E-state index contributed by atoms with van der Waals surface area (Å²) in [6.45, 7) is 0. The van der Waals surface area contributed by atoms with Crippen LogP contribution in [0.4, 0.5) is 8.78 Å². The molecule has 94 valence electrons. The SMILES string of the molecule is Cn1nccc1C(=O)Cc1c(F)ccc(Br)c1F. The first-order valence-corrected chi connectivity index (χ1v) is 5.93. The maximum atomic E-state index is 13.7. The normalized spacial score (nSPS) is 10.7. The molecule has 0 radical (unpaired) electrons. The second-order valence-corrected chi connectivity index (χ2v) is 4.62. The Bertz CT molecular complexity index is 610. The van der Waals surface area contributed by atoms with Gasteiger partial charge in [-0.05, 0) is 34.1 Å². The van der Waals surface area contributed by atoms with Gasteiger partial charge in [-0.1, -0.05) is 0 Å². The van der Waals surface area contributed by atoms with E-state index in [-0.39, 0.29) is 22.2 Å². The lowest BCUT2D eigenvalue weighted by molar-refractivity contribution is 0.0981. The lowest BCUT2D eigenvalue weighted by Gasteiger charge is -2.06. The second-order valence-electron chi connectivity index (χ2n) is 3.76. The van der Waals surface area contributed by atoms with E-state index >= 15 is 0 Å². The highest BCUT2D eigenvalue weighted by Gasteiger charge is 2.18. The predicted octanol–water partition coefficient (Wildman–Crippen LogP) is 2.89. The molecule has 0 N–H and O–H groups in total. The Morgan fingerprint density at radius 1 is 1.39 bits per heavy atom. The third kappa shape index (κ3) is 2.33. The zero-order valence-corrected chi connectivity index (χ0v) is 11.0. The largest absolute Gasteiger partial charge is 0.292 e. The van der Waals surface area contributed by atoms with E-state index in [9.17, 15) is 13.6 Å². The third-order valence-electron chi connectivity index (χ3n) is 2.58. The minimum absolute atomic E-state index is 0.136. The van der Waals surface area contributed by atoms with Crippen molar-refractivity contribution in [3.05, 3.63) is 51.8 Å². The van der Waals surface area contributed by atoms with Crippen LogP contribution in [0.1, 0.15) is 16.1 Å². The number of aromatic nitrogens is 2. The summed E-state index contributed by atoms with van der Waals surface area (Å²) in [6.07, 6.45) is 1.12. The zero-order chi connectivity index (χ0) is 13.3. The first-order chi connectivity index (χ1) is 8.50. The fraction of sp³-hybridized carbons (Fsp3) is 0.167. The predicted molar refractivity (Wildman–Crippen MR) is 65.3 cm³/mol. The van der Waals surface area contributed by atoms with E-state index in [0.717, 1.165) is 6.07 Å². The molecule has 0 aliphatic rings. The molecule has 1 aromatic heterocycles. The molecular formula is C12H9BrF2N2O. The number of Topliss-reactive ketones (excluding diaryl/α,β-unsaturated/α-hetero) is 1. The molecule has 0 unspecified atom stereocenters. The summed E-state index contributed by atoms with van der Waals surface area (Å²) in [4.78, 5) is 11.9. The van der Waals surface area contributed by atoms with Crippen LogP contribution in [0, 0.1) is 11.6 Å². The maximum absolute atomic E-state index is 13.7. The first-order valence-electron chi connectivity index (χ1n) is 5.14. The van der Waals surface area contributed by atoms with Crippen LogP contribution in [0.5, 0.6) is 0 Å². The maximum Gasteiger partial charge on any atom is 0.185 e. The molecule has 2 aromatic rings. The lowest BCUT2D eigenvalue weighted by Crippen LogP contribution is -2.12. The van der Waals surface area contributed by atoms with Crippen molar-refractivity contribution in [2.24, 2.45) is 7.05 Å². The number of halogens is 3. The van der Waals surface area contributed by atoms with Crippen molar-refractivity contribution in [3.8, 4) is 0 Å². The van der Waals surface area contributed by atoms with E-state index < -0.39 is 11.6 Å². The number of carbonyl (C=O) groups excluding carboxylic acids is 1. The van der Waals surface area contributed by atoms with Gasteiger partial charge in [0.2, 0.25) is 0 Å². The summed E-state index contributed by atoms with van der Waals surface area (Å²) < 4.78 is 28.7. The molecular weight excluding hydrogens is 306 g/mol. The van der Waals surface area contributed by atoms with Crippen LogP contribution < -0.4 is 0 Å². The van der Waals surface area contributed by atoms with Crippen molar-refractivity contribution in [2.75, 3.05) is 0 Å². The molecule has 0 atom stereocenters. The van der Waals surface area contributed by atoms with Crippen LogP contribution in [0.3, 0.4) is 0 Å². The Hall–Kier alpha value is -1.56. The molecule has 0 saturated carbocycles. The zero-order valence-electron chi connectivity index (χ0n) is 9.45. The highest BCUT2D eigenvalue weighted by atomic mass is 79.9. The van der Waals surface area contributed by atoms with Gasteiger partial charge in [-0.2, -0.15) is 5.10 Å². The van der Waals surface area contributed by atoms with E-state index in [1.807, 2.05) is 0 Å². The van der Waals surface area contributed by atoms with Gasteiger partial charge >= 0.3 is 0 Å². The van der Waals surface area contributed by atoms with E-state index in [2.05, 4.69) is 21.0 Å². The molecule has 0 bridgehead atoms. The summed E-state index contributed by atoms with van der Waals surface area (Å²) in [7, 11) is 1.60. The molecule has 1 heterocycles. The topological polar surface area (TPSA) is 34.9 Å². The van der Waals surface area contributed by atoms with Crippen molar-refractivity contribution in [1.29, 1.82) is 0 Å². The summed E-state index contributed by atoms with van der Waals surface area (Å²) in [5.74, 6) is -1.86. The Labute approximate surface area is 111 Å². The van der Waals surface area contributed by atoms with Gasteiger partial charge in [-0.15, -0.1) is 0 Å². The van der Waals surface area contributed by atoms with E-state index in [0.29, 0.717) is 5.69 Å². The van der Waals surface area contributed by atoms with Gasteiger partial charge in [-0.25, -0.2) is 8.78 Å². The monoisotopic (exact) mass is 314 g/mol. The van der Waals surface area contributed by atoms with Gasteiger partial charge in [-0.3, -0.25) is 9.48 Å². The van der Waals surface area contributed by atoms with Gasteiger partial charge in [0.15, 0.2) is 5.78 Å². The average Bonchev–Trinajstić information content (AvgIpc) is 2.76. The van der Waals surface area contributed by atoms with Crippen LogP contribution in [-0.4, -0.2) is 15.6 Å². The lowest BCUT2D eigenvalue weighted by atomic mass is 10.1. The van der Waals surface area contributed by atoms with Gasteiger partial charge in [0, 0.05) is 25.2 Å². The third-order valence-corrected chi connectivity index (χ3v) is 3.20. The fourth-order valence-corrected chi connectivity index (χ4v) is 2.00. The molecule has 0 saturated heterocycles. The summed E-state index contributed by atoms with van der Waals surface area (Å²) in [5.41, 5.74) is 0.0735. The molecule has 1 aromatic carbocycles. The van der Waals surface area contributed by atoms with Gasteiger partial charge in [0.1, 0.15) is 17.3 Å². The average molecular weight is 315 g/mol. The number of carbonyl (C=O) groups is 1. The molecule has 0 fully saturated rings. The van der Waals surface area contributed by atoms with Gasteiger partial charge in [0.05, 0.1) is 4.47 Å². The molecule has 2 rings (SSSR count). The highest BCUT2D eigenvalue weighted by Crippen LogP contribution is 2.22. The van der Waals surface area contributed by atoms with Crippen LogP contribution >= 0.6 is 15.9 Å². The summed E-state index contributed by atoms with van der Waals surface area (Å²) >= 11 is 2.96. The van der Waals surface area contributed by atoms with E-state index in [1.54, 1.807) is 7.05 Å². The van der Waals surface area contributed by atoms with Gasteiger partial charge in [0.25, 0.3) is 0 Å². The number of hydrogen-bond acceptors (Lipinski definition) is 2. The molecule has 0 amide bonds. The molecule has 0 spiro atoms. The summed E-state index contributed by atoms with van der Waals surface area (Å²) in [5, 5.41) is 3.84. The van der Waals surface area contributed by atoms with Crippen LogP contribution in [-0.2, 0) is 13.5 Å². The van der Waals surface area contributed by atoms with Crippen LogP contribution in [0.2, 0.25) is 0 Å². The van der Waals surface area contributed by atoms with Crippen molar-refractivity contribution in [3.63, 3.8) is 0 Å². The molecule has 0 aliphatic carbocycles. The Morgan fingerprint density at radius 2 is 2.11 bits per heavy atom. The minimum atomic E-state index is -0.745. The van der Waals surface area contributed by atoms with E-state index in [1.165, 1.54) is 23.0 Å². The van der Waals surface area contributed by atoms with Crippen molar-refractivity contribution in [1.82, 2.24) is 9.78 Å². The quantitative estimate of drug-likeness (QED) is 0.645. The number of rotatable bonds is 3. The minimum Gasteiger partial charge on any atom is -0.292 e. The number of benzene rings is 1.